The van der Waals surface area contributed by atoms with Crippen molar-refractivity contribution in [1.82, 2.24) is 0 Å². The maximum atomic E-state index is 13.7. The molecule has 0 fully saturated rings. The van der Waals surface area contributed by atoms with Crippen molar-refractivity contribution in [3.05, 3.63) is 92.7 Å². The molecule has 0 amide bonds. The van der Waals surface area contributed by atoms with Gasteiger partial charge in [0.05, 0.1) is 10.0 Å². The number of anilines is 1. The number of benzene rings is 3. The van der Waals surface area contributed by atoms with Gasteiger partial charge in [0.1, 0.15) is 12.4 Å². The van der Waals surface area contributed by atoms with E-state index in [0.29, 0.717) is 27.9 Å². The molecule has 3 aromatic carbocycles. The standard InChI is InChI=1S/C22H20Cl2FNO/c1-14-7-8-18(9-15(14)2)26-12-16-10-19(23)22(20(24)11-16)27-13-17-5-3-4-6-21(17)25/h3-11,26H,12-13H2,1-2H3. The number of ether oxygens (including phenoxy) is 1. The Hall–Kier alpha value is -2.23. The molecule has 0 heterocycles. The lowest BCUT2D eigenvalue weighted by molar-refractivity contribution is 0.300. The Morgan fingerprint density at radius 3 is 2.30 bits per heavy atom. The van der Waals surface area contributed by atoms with Crippen LogP contribution in [0.3, 0.4) is 0 Å². The van der Waals surface area contributed by atoms with Gasteiger partial charge in [0.15, 0.2) is 5.75 Å². The molecule has 0 radical (unpaired) electrons. The zero-order chi connectivity index (χ0) is 19.4. The van der Waals surface area contributed by atoms with E-state index in [0.717, 1.165) is 11.3 Å². The first-order valence-electron chi connectivity index (χ1n) is 8.59. The quantitative estimate of drug-likeness (QED) is 0.481. The van der Waals surface area contributed by atoms with Crippen LogP contribution in [0, 0.1) is 19.7 Å². The summed E-state index contributed by atoms with van der Waals surface area (Å²) < 4.78 is 19.4. The first-order valence-corrected chi connectivity index (χ1v) is 9.35. The van der Waals surface area contributed by atoms with Crippen LogP contribution in [0.5, 0.6) is 5.75 Å². The van der Waals surface area contributed by atoms with Crippen LogP contribution < -0.4 is 10.1 Å². The Balaban J connectivity index is 1.68. The molecule has 5 heteroatoms. The average Bonchev–Trinajstić information content (AvgIpc) is 2.63. The molecule has 2 nitrogen and oxygen atoms in total. The second-order valence-corrected chi connectivity index (χ2v) is 7.24. The molecule has 0 aliphatic carbocycles. The smallest absolute Gasteiger partial charge is 0.156 e. The molecule has 0 spiro atoms. The van der Waals surface area contributed by atoms with Crippen molar-refractivity contribution >= 4 is 28.9 Å². The molecule has 0 aliphatic rings. The summed E-state index contributed by atoms with van der Waals surface area (Å²) in [6.07, 6.45) is 0. The first kappa shape index (κ1) is 19.5. The third-order valence-corrected chi connectivity index (χ3v) is 4.95. The van der Waals surface area contributed by atoms with E-state index in [2.05, 4.69) is 31.3 Å². The summed E-state index contributed by atoms with van der Waals surface area (Å²) in [5.74, 6) is 0.0375. The van der Waals surface area contributed by atoms with Crippen molar-refractivity contribution in [2.24, 2.45) is 0 Å². The van der Waals surface area contributed by atoms with Gasteiger partial charge in [-0.2, -0.15) is 0 Å². The Morgan fingerprint density at radius 2 is 1.63 bits per heavy atom. The lowest BCUT2D eigenvalue weighted by Crippen LogP contribution is -2.02. The highest BCUT2D eigenvalue weighted by atomic mass is 35.5. The van der Waals surface area contributed by atoms with Gasteiger partial charge in [-0.3, -0.25) is 0 Å². The average molecular weight is 404 g/mol. The van der Waals surface area contributed by atoms with Crippen LogP contribution in [0.1, 0.15) is 22.3 Å². The summed E-state index contributed by atoms with van der Waals surface area (Å²) in [6.45, 7) is 4.80. The van der Waals surface area contributed by atoms with Gasteiger partial charge in [-0.05, 0) is 60.9 Å². The second-order valence-electron chi connectivity index (χ2n) is 6.42. The number of rotatable bonds is 6. The Bertz CT molecular complexity index is 936. The van der Waals surface area contributed by atoms with Gasteiger partial charge in [-0.1, -0.05) is 47.5 Å². The fourth-order valence-corrected chi connectivity index (χ4v) is 3.31. The summed E-state index contributed by atoms with van der Waals surface area (Å²) >= 11 is 12.7. The summed E-state index contributed by atoms with van der Waals surface area (Å²) in [6, 6.07) is 16.3. The topological polar surface area (TPSA) is 21.3 Å². The molecule has 140 valence electrons. The van der Waals surface area contributed by atoms with Crippen LogP contribution in [-0.2, 0) is 13.2 Å². The number of hydrogen-bond donors (Lipinski definition) is 1. The monoisotopic (exact) mass is 403 g/mol. The highest BCUT2D eigenvalue weighted by molar-refractivity contribution is 6.37. The maximum Gasteiger partial charge on any atom is 0.156 e. The number of hydrogen-bond acceptors (Lipinski definition) is 2. The van der Waals surface area contributed by atoms with Crippen LogP contribution in [-0.4, -0.2) is 0 Å². The number of nitrogens with one attached hydrogen (secondary N) is 1. The highest BCUT2D eigenvalue weighted by Crippen LogP contribution is 2.35. The number of aryl methyl sites for hydroxylation is 2. The molecule has 0 atom stereocenters. The normalized spacial score (nSPS) is 10.7. The van der Waals surface area contributed by atoms with E-state index in [-0.39, 0.29) is 12.4 Å². The minimum absolute atomic E-state index is 0.0619. The molecule has 3 aromatic rings. The number of halogens is 3. The van der Waals surface area contributed by atoms with E-state index in [1.807, 2.05) is 6.07 Å². The van der Waals surface area contributed by atoms with Crippen LogP contribution in [0.2, 0.25) is 10.0 Å². The van der Waals surface area contributed by atoms with E-state index in [1.54, 1.807) is 30.3 Å². The minimum atomic E-state index is -0.320. The summed E-state index contributed by atoms with van der Waals surface area (Å²) in [5, 5.41) is 4.16. The first-order chi connectivity index (χ1) is 12.9. The maximum absolute atomic E-state index is 13.7. The van der Waals surface area contributed by atoms with Crippen molar-refractivity contribution < 1.29 is 9.13 Å². The van der Waals surface area contributed by atoms with Gasteiger partial charge in [0.25, 0.3) is 0 Å². The van der Waals surface area contributed by atoms with Crippen LogP contribution in [0.25, 0.3) is 0 Å². The van der Waals surface area contributed by atoms with Crippen LogP contribution in [0.15, 0.2) is 54.6 Å². The summed E-state index contributed by atoms with van der Waals surface area (Å²) in [7, 11) is 0. The Morgan fingerprint density at radius 1 is 0.926 bits per heavy atom. The van der Waals surface area contributed by atoms with E-state index in [4.69, 9.17) is 27.9 Å². The zero-order valence-corrected chi connectivity index (χ0v) is 16.7. The largest absolute Gasteiger partial charge is 0.486 e. The Kier molecular flexibility index (Phi) is 6.25. The molecule has 0 aliphatic heterocycles. The molecule has 27 heavy (non-hydrogen) atoms. The SMILES string of the molecule is Cc1ccc(NCc2cc(Cl)c(OCc3ccccc3F)c(Cl)c2)cc1C. The van der Waals surface area contributed by atoms with Crippen LogP contribution >= 0.6 is 23.2 Å². The third-order valence-electron chi connectivity index (χ3n) is 4.39. The molecule has 1 N–H and O–H groups in total. The molecular weight excluding hydrogens is 384 g/mol. The third kappa shape index (κ3) is 4.94. The van der Waals surface area contributed by atoms with Gasteiger partial charge >= 0.3 is 0 Å². The van der Waals surface area contributed by atoms with Gasteiger partial charge in [-0.15, -0.1) is 0 Å². The van der Waals surface area contributed by atoms with Gasteiger partial charge < -0.3 is 10.1 Å². The molecule has 3 rings (SSSR count). The molecule has 0 bridgehead atoms. The van der Waals surface area contributed by atoms with Crippen molar-refractivity contribution in [3.63, 3.8) is 0 Å². The van der Waals surface area contributed by atoms with Crippen molar-refractivity contribution in [3.8, 4) is 5.75 Å². The van der Waals surface area contributed by atoms with Gasteiger partial charge in [0, 0.05) is 17.8 Å². The molecule has 0 unspecified atom stereocenters. The van der Waals surface area contributed by atoms with E-state index >= 15 is 0 Å². The van der Waals surface area contributed by atoms with Crippen molar-refractivity contribution in [1.29, 1.82) is 0 Å². The molecule has 0 saturated carbocycles. The lowest BCUT2D eigenvalue weighted by atomic mass is 10.1. The fourth-order valence-electron chi connectivity index (χ4n) is 2.67. The minimum Gasteiger partial charge on any atom is -0.486 e. The van der Waals surface area contributed by atoms with E-state index in [1.165, 1.54) is 17.2 Å². The molecular formula is C22H20Cl2FNO. The van der Waals surface area contributed by atoms with Gasteiger partial charge in [0.2, 0.25) is 0 Å². The van der Waals surface area contributed by atoms with Crippen molar-refractivity contribution in [2.45, 2.75) is 27.0 Å². The predicted molar refractivity (Wildman–Crippen MR) is 110 cm³/mol. The Labute approximate surface area is 168 Å². The summed E-state index contributed by atoms with van der Waals surface area (Å²) in [5.41, 5.74) is 4.90. The van der Waals surface area contributed by atoms with E-state index < -0.39 is 0 Å². The molecule has 0 saturated heterocycles. The highest BCUT2D eigenvalue weighted by Gasteiger charge is 2.11. The summed E-state index contributed by atoms with van der Waals surface area (Å²) in [4.78, 5) is 0. The fraction of sp³-hybridized carbons (Fsp3) is 0.182. The van der Waals surface area contributed by atoms with Gasteiger partial charge in [-0.25, -0.2) is 4.39 Å². The second kappa shape index (κ2) is 8.64. The predicted octanol–water partition coefficient (Wildman–Crippen LogP) is 6.94. The zero-order valence-electron chi connectivity index (χ0n) is 15.2. The van der Waals surface area contributed by atoms with E-state index in [9.17, 15) is 4.39 Å². The lowest BCUT2D eigenvalue weighted by Gasteiger charge is -2.13. The molecule has 0 aromatic heterocycles. The van der Waals surface area contributed by atoms with Crippen molar-refractivity contribution in [2.75, 3.05) is 5.32 Å². The van der Waals surface area contributed by atoms with Crippen LogP contribution in [0.4, 0.5) is 10.1 Å².